The van der Waals surface area contributed by atoms with E-state index in [1.165, 1.54) is 0 Å². The molecule has 0 aliphatic carbocycles. The van der Waals surface area contributed by atoms with Gasteiger partial charge in [-0.25, -0.2) is 4.98 Å². The number of carbonyl (C=O) groups is 1. The second-order valence-electron chi connectivity index (χ2n) is 8.47. The summed E-state index contributed by atoms with van der Waals surface area (Å²) in [5.74, 6) is 0.365. The molecule has 4 rings (SSSR count). The molecule has 35 heavy (non-hydrogen) atoms. The molecule has 1 aromatic heterocycles. The van der Waals surface area contributed by atoms with Crippen molar-refractivity contribution in [3.63, 3.8) is 0 Å². The van der Waals surface area contributed by atoms with E-state index in [-0.39, 0.29) is 11.5 Å². The summed E-state index contributed by atoms with van der Waals surface area (Å²) in [6.07, 6.45) is 2.88. The van der Waals surface area contributed by atoms with Crippen LogP contribution in [0.4, 0.5) is 0 Å². The molecule has 180 valence electrons. The van der Waals surface area contributed by atoms with Gasteiger partial charge in [0.25, 0.3) is 11.5 Å². The van der Waals surface area contributed by atoms with E-state index in [4.69, 9.17) is 16.6 Å². The normalized spacial score (nSPS) is 12.0. The van der Waals surface area contributed by atoms with Crippen molar-refractivity contribution < 1.29 is 4.79 Å². The van der Waals surface area contributed by atoms with Crippen LogP contribution in [0.15, 0.2) is 82.1 Å². The van der Waals surface area contributed by atoms with Crippen LogP contribution in [0.5, 0.6) is 0 Å². The van der Waals surface area contributed by atoms with Crippen molar-refractivity contribution in [2.45, 2.75) is 39.2 Å². The zero-order valence-electron chi connectivity index (χ0n) is 19.7. The summed E-state index contributed by atoms with van der Waals surface area (Å²) in [5, 5.41) is 0.940. The summed E-state index contributed by atoms with van der Waals surface area (Å²) in [7, 11) is 0. The maximum Gasteiger partial charge on any atom is 0.266 e. The first-order valence-electron chi connectivity index (χ1n) is 11.8. The summed E-state index contributed by atoms with van der Waals surface area (Å²) in [6.45, 7) is 4.60. The minimum absolute atomic E-state index is 0.108. The lowest BCUT2D eigenvalue weighted by atomic mass is 10.1. The molecule has 0 aliphatic rings. The van der Waals surface area contributed by atoms with Gasteiger partial charge in [-0.1, -0.05) is 77.6 Å². The predicted molar refractivity (Wildman–Crippen MR) is 145 cm³/mol. The fourth-order valence-electron chi connectivity index (χ4n) is 4.23. The fraction of sp³-hybridized carbons (Fsp3) is 0.250. The van der Waals surface area contributed by atoms with Crippen molar-refractivity contribution in [2.75, 3.05) is 6.54 Å². The number of aromatic nitrogens is 2. The van der Waals surface area contributed by atoms with Gasteiger partial charge >= 0.3 is 0 Å². The minimum atomic E-state index is -0.480. The molecule has 0 aliphatic heterocycles. The molecule has 0 fully saturated rings. The van der Waals surface area contributed by atoms with Crippen LogP contribution in [0.1, 0.15) is 55.3 Å². The van der Waals surface area contributed by atoms with E-state index >= 15 is 0 Å². The molecule has 7 heteroatoms. The number of carbonyl (C=O) groups excluding carboxylic acids is 1. The molecule has 1 heterocycles. The Kier molecular flexibility index (Phi) is 8.04. The molecule has 0 saturated carbocycles. The average Bonchev–Trinajstić information content (AvgIpc) is 2.86. The first-order chi connectivity index (χ1) is 16.9. The Morgan fingerprint density at radius 1 is 1.06 bits per heavy atom. The fourth-order valence-corrected chi connectivity index (χ4v) is 4.85. The molecule has 3 aromatic carbocycles. The topological polar surface area (TPSA) is 55.2 Å². The number of fused-ring (bicyclic) bond motifs is 1. The van der Waals surface area contributed by atoms with E-state index in [9.17, 15) is 9.59 Å². The predicted octanol–water partition coefficient (Wildman–Crippen LogP) is 7.20. The molecule has 1 atom stereocenters. The lowest BCUT2D eigenvalue weighted by molar-refractivity contribution is 0.0677. The van der Waals surface area contributed by atoms with Crippen LogP contribution in [0.2, 0.25) is 5.02 Å². The molecule has 1 amide bonds. The third kappa shape index (κ3) is 5.34. The van der Waals surface area contributed by atoms with Crippen LogP contribution in [0.25, 0.3) is 16.6 Å². The largest absolute Gasteiger partial charge is 0.329 e. The van der Waals surface area contributed by atoms with Gasteiger partial charge in [0, 0.05) is 16.6 Å². The number of unbranched alkanes of at least 4 members (excludes halogenated alkanes) is 2. The van der Waals surface area contributed by atoms with Crippen LogP contribution in [0.3, 0.4) is 0 Å². The van der Waals surface area contributed by atoms with E-state index in [1.807, 2.05) is 61.5 Å². The third-order valence-corrected chi connectivity index (χ3v) is 6.88. The van der Waals surface area contributed by atoms with Crippen molar-refractivity contribution in [1.29, 1.82) is 0 Å². The molecular weight excluding hydrogens is 526 g/mol. The summed E-state index contributed by atoms with van der Waals surface area (Å²) < 4.78 is 2.39. The Labute approximate surface area is 218 Å². The molecule has 1 unspecified atom stereocenters. The smallest absolute Gasteiger partial charge is 0.266 e. The standard InChI is InChI=1S/C28H27BrClN3O2/c1-3-4-9-17-32(27(34)20-11-10-12-21(29)18-20)19(2)26-31-24-15-7-5-13-22(24)28(35)33(26)25-16-8-6-14-23(25)30/h5-8,10-16,18-19H,3-4,9,17H2,1-2H3. The Morgan fingerprint density at radius 2 is 1.80 bits per heavy atom. The Morgan fingerprint density at radius 3 is 2.54 bits per heavy atom. The van der Waals surface area contributed by atoms with Crippen LogP contribution < -0.4 is 5.56 Å². The summed E-state index contributed by atoms with van der Waals surface area (Å²) in [5.41, 5.74) is 1.50. The number of hydrogen-bond donors (Lipinski definition) is 0. The Bertz CT molecular complexity index is 1420. The third-order valence-electron chi connectivity index (χ3n) is 6.07. The zero-order chi connectivity index (χ0) is 24.9. The highest BCUT2D eigenvalue weighted by atomic mass is 79.9. The van der Waals surface area contributed by atoms with Gasteiger partial charge in [-0.05, 0) is 55.8 Å². The quantitative estimate of drug-likeness (QED) is 0.217. The number of nitrogens with zero attached hydrogens (tertiary/aromatic N) is 3. The van der Waals surface area contributed by atoms with E-state index in [0.29, 0.717) is 39.5 Å². The van der Waals surface area contributed by atoms with Gasteiger partial charge in [-0.3, -0.25) is 14.2 Å². The highest BCUT2D eigenvalue weighted by molar-refractivity contribution is 9.10. The van der Waals surface area contributed by atoms with Crippen molar-refractivity contribution >= 4 is 44.3 Å². The Balaban J connectivity index is 1.90. The first kappa shape index (κ1) is 25.1. The lowest BCUT2D eigenvalue weighted by Gasteiger charge is -2.31. The van der Waals surface area contributed by atoms with E-state index < -0.39 is 6.04 Å². The van der Waals surface area contributed by atoms with Gasteiger partial charge < -0.3 is 4.90 Å². The molecule has 0 saturated heterocycles. The number of para-hydroxylation sites is 2. The number of amides is 1. The molecule has 0 spiro atoms. The average molecular weight is 553 g/mol. The highest BCUT2D eigenvalue weighted by Crippen LogP contribution is 2.28. The molecule has 0 radical (unpaired) electrons. The minimum Gasteiger partial charge on any atom is -0.329 e. The molecule has 5 nitrogen and oxygen atoms in total. The lowest BCUT2D eigenvalue weighted by Crippen LogP contribution is -2.38. The van der Waals surface area contributed by atoms with Crippen molar-refractivity contribution in [3.8, 4) is 5.69 Å². The first-order valence-corrected chi connectivity index (χ1v) is 12.9. The molecular formula is C28H27BrClN3O2. The second kappa shape index (κ2) is 11.2. The van der Waals surface area contributed by atoms with Crippen molar-refractivity contribution in [2.24, 2.45) is 0 Å². The van der Waals surface area contributed by atoms with Gasteiger partial charge in [-0.15, -0.1) is 0 Å². The van der Waals surface area contributed by atoms with Gasteiger partial charge in [-0.2, -0.15) is 0 Å². The second-order valence-corrected chi connectivity index (χ2v) is 9.79. The van der Waals surface area contributed by atoms with Crippen LogP contribution >= 0.6 is 27.5 Å². The summed E-state index contributed by atoms with van der Waals surface area (Å²) in [6, 6.07) is 21.3. The van der Waals surface area contributed by atoms with Gasteiger partial charge in [0.2, 0.25) is 0 Å². The van der Waals surface area contributed by atoms with Gasteiger partial charge in [0.05, 0.1) is 27.7 Å². The van der Waals surface area contributed by atoms with Gasteiger partial charge in [0.1, 0.15) is 5.82 Å². The monoisotopic (exact) mass is 551 g/mol. The number of halogens is 2. The van der Waals surface area contributed by atoms with Crippen molar-refractivity contribution in [3.05, 3.63) is 104 Å². The maximum atomic E-state index is 13.7. The van der Waals surface area contributed by atoms with Crippen molar-refractivity contribution in [1.82, 2.24) is 14.5 Å². The number of benzene rings is 3. The highest BCUT2D eigenvalue weighted by Gasteiger charge is 2.28. The SMILES string of the molecule is CCCCCN(C(=O)c1cccc(Br)c1)C(C)c1nc2ccccc2c(=O)n1-c1ccccc1Cl. The summed E-state index contributed by atoms with van der Waals surface area (Å²) in [4.78, 5) is 34.2. The van der Waals surface area contributed by atoms with Crippen LogP contribution in [0, 0.1) is 0 Å². The van der Waals surface area contributed by atoms with E-state index in [1.54, 1.807) is 27.7 Å². The maximum absolute atomic E-state index is 13.7. The van der Waals surface area contributed by atoms with E-state index in [2.05, 4.69) is 22.9 Å². The van der Waals surface area contributed by atoms with E-state index in [0.717, 1.165) is 23.7 Å². The van der Waals surface area contributed by atoms with Crippen LogP contribution in [-0.4, -0.2) is 26.9 Å². The molecule has 0 bridgehead atoms. The zero-order valence-corrected chi connectivity index (χ0v) is 22.1. The Hall–Kier alpha value is -2.96. The summed E-state index contributed by atoms with van der Waals surface area (Å²) >= 11 is 10.0. The molecule has 4 aromatic rings. The van der Waals surface area contributed by atoms with Gasteiger partial charge in [0.15, 0.2) is 0 Å². The van der Waals surface area contributed by atoms with Crippen LogP contribution in [-0.2, 0) is 0 Å². The number of rotatable bonds is 8. The molecule has 0 N–H and O–H groups in total. The number of hydrogen-bond acceptors (Lipinski definition) is 3.